The standard InChI is InChI=1S/C14H19N3O2S/c1-9(2)16-13(18)10(3)17-14(19)11-7-12(20-8-11)5-4-6-15/h7-10H,6,15H2,1-3H3,(H,16,18)(H,17,19). The van der Waals surface area contributed by atoms with Gasteiger partial charge in [-0.3, -0.25) is 9.59 Å². The number of nitrogens with two attached hydrogens (primary N) is 1. The van der Waals surface area contributed by atoms with Crippen LogP contribution in [0.2, 0.25) is 0 Å². The molecule has 0 aliphatic rings. The smallest absolute Gasteiger partial charge is 0.252 e. The molecular weight excluding hydrogens is 274 g/mol. The molecule has 1 rings (SSSR count). The monoisotopic (exact) mass is 293 g/mol. The molecule has 0 spiro atoms. The van der Waals surface area contributed by atoms with Crippen molar-refractivity contribution in [3.8, 4) is 11.8 Å². The number of amides is 2. The van der Waals surface area contributed by atoms with Gasteiger partial charge in [0.25, 0.3) is 5.91 Å². The van der Waals surface area contributed by atoms with Crippen LogP contribution in [-0.4, -0.2) is 30.4 Å². The summed E-state index contributed by atoms with van der Waals surface area (Å²) in [5.41, 5.74) is 5.79. The molecule has 5 nitrogen and oxygen atoms in total. The van der Waals surface area contributed by atoms with Gasteiger partial charge in [0.05, 0.1) is 17.0 Å². The van der Waals surface area contributed by atoms with Crippen LogP contribution in [0.5, 0.6) is 0 Å². The highest BCUT2D eigenvalue weighted by molar-refractivity contribution is 7.10. The number of rotatable bonds is 4. The van der Waals surface area contributed by atoms with Gasteiger partial charge in [-0.05, 0) is 26.8 Å². The summed E-state index contributed by atoms with van der Waals surface area (Å²) in [6.07, 6.45) is 0. The van der Waals surface area contributed by atoms with E-state index in [1.807, 2.05) is 13.8 Å². The number of nitrogens with one attached hydrogen (secondary N) is 2. The van der Waals surface area contributed by atoms with E-state index in [9.17, 15) is 9.59 Å². The summed E-state index contributed by atoms with van der Waals surface area (Å²) in [5, 5.41) is 7.11. The zero-order valence-electron chi connectivity index (χ0n) is 11.8. The van der Waals surface area contributed by atoms with Crippen molar-refractivity contribution in [3.05, 3.63) is 21.9 Å². The maximum atomic E-state index is 12.0. The number of thiophene rings is 1. The zero-order valence-corrected chi connectivity index (χ0v) is 12.6. The average Bonchev–Trinajstić information content (AvgIpc) is 2.84. The van der Waals surface area contributed by atoms with Gasteiger partial charge in [-0.15, -0.1) is 11.3 Å². The summed E-state index contributed by atoms with van der Waals surface area (Å²) in [7, 11) is 0. The Morgan fingerprint density at radius 1 is 1.35 bits per heavy atom. The third-order valence-corrected chi connectivity index (χ3v) is 3.19. The van der Waals surface area contributed by atoms with Gasteiger partial charge in [-0.2, -0.15) is 0 Å². The predicted molar refractivity (Wildman–Crippen MR) is 80.5 cm³/mol. The van der Waals surface area contributed by atoms with Gasteiger partial charge in [0, 0.05) is 11.4 Å². The van der Waals surface area contributed by atoms with E-state index in [4.69, 9.17) is 5.73 Å². The molecule has 0 saturated heterocycles. The number of hydrogen-bond donors (Lipinski definition) is 3. The molecule has 108 valence electrons. The Bertz CT molecular complexity index is 540. The lowest BCUT2D eigenvalue weighted by Crippen LogP contribution is -2.46. The molecule has 0 aliphatic carbocycles. The van der Waals surface area contributed by atoms with E-state index in [0.717, 1.165) is 4.88 Å². The van der Waals surface area contributed by atoms with Crippen molar-refractivity contribution < 1.29 is 9.59 Å². The first kappa shape index (κ1) is 16.2. The molecule has 1 aromatic heterocycles. The third kappa shape index (κ3) is 5.03. The van der Waals surface area contributed by atoms with Gasteiger partial charge in [-0.25, -0.2) is 0 Å². The van der Waals surface area contributed by atoms with E-state index >= 15 is 0 Å². The first-order chi connectivity index (χ1) is 9.43. The second-order valence-electron chi connectivity index (χ2n) is 4.56. The van der Waals surface area contributed by atoms with Crippen LogP contribution in [-0.2, 0) is 4.79 Å². The molecule has 1 aromatic rings. The topological polar surface area (TPSA) is 84.2 Å². The van der Waals surface area contributed by atoms with Crippen LogP contribution in [0, 0.1) is 11.8 Å². The molecule has 0 fully saturated rings. The van der Waals surface area contributed by atoms with E-state index in [0.29, 0.717) is 5.56 Å². The van der Waals surface area contributed by atoms with Gasteiger partial charge in [-0.1, -0.05) is 11.8 Å². The van der Waals surface area contributed by atoms with Crippen LogP contribution in [0.1, 0.15) is 36.0 Å². The Hall–Kier alpha value is -1.84. The average molecular weight is 293 g/mol. The van der Waals surface area contributed by atoms with Crippen molar-refractivity contribution in [3.63, 3.8) is 0 Å². The van der Waals surface area contributed by atoms with E-state index in [2.05, 4.69) is 22.5 Å². The van der Waals surface area contributed by atoms with Crippen LogP contribution in [0.25, 0.3) is 0 Å². The summed E-state index contributed by atoms with van der Waals surface area (Å²) in [4.78, 5) is 24.5. The van der Waals surface area contributed by atoms with Crippen LogP contribution in [0.15, 0.2) is 11.4 Å². The lowest BCUT2D eigenvalue weighted by molar-refractivity contribution is -0.123. The fourth-order valence-electron chi connectivity index (χ4n) is 1.41. The normalized spacial score (nSPS) is 11.4. The molecule has 2 amide bonds. The Morgan fingerprint density at radius 2 is 2.05 bits per heavy atom. The third-order valence-electron chi connectivity index (χ3n) is 2.35. The van der Waals surface area contributed by atoms with E-state index < -0.39 is 6.04 Å². The molecule has 4 N–H and O–H groups in total. The molecule has 1 heterocycles. The molecule has 0 radical (unpaired) electrons. The molecule has 0 aliphatic heterocycles. The molecule has 6 heteroatoms. The molecule has 1 atom stereocenters. The first-order valence-corrected chi connectivity index (χ1v) is 7.20. The highest BCUT2D eigenvalue weighted by atomic mass is 32.1. The lowest BCUT2D eigenvalue weighted by Gasteiger charge is -2.15. The molecule has 0 aromatic carbocycles. The minimum Gasteiger partial charge on any atom is -0.352 e. The maximum Gasteiger partial charge on any atom is 0.252 e. The van der Waals surface area contributed by atoms with Crippen LogP contribution >= 0.6 is 11.3 Å². The van der Waals surface area contributed by atoms with Crippen molar-refractivity contribution >= 4 is 23.2 Å². The van der Waals surface area contributed by atoms with Crippen LogP contribution in [0.3, 0.4) is 0 Å². The van der Waals surface area contributed by atoms with E-state index in [1.54, 1.807) is 18.4 Å². The highest BCUT2D eigenvalue weighted by Crippen LogP contribution is 2.13. The minimum absolute atomic E-state index is 0.0427. The predicted octanol–water partition coefficient (Wildman–Crippen LogP) is 0.701. The second-order valence-corrected chi connectivity index (χ2v) is 5.48. The Kier molecular flexibility index (Phi) is 6.22. The van der Waals surface area contributed by atoms with Gasteiger partial charge >= 0.3 is 0 Å². The van der Waals surface area contributed by atoms with Crippen LogP contribution in [0.4, 0.5) is 0 Å². The van der Waals surface area contributed by atoms with E-state index in [-0.39, 0.29) is 24.4 Å². The Labute approximate surface area is 122 Å². The van der Waals surface area contributed by atoms with Crippen molar-refractivity contribution in [1.82, 2.24) is 10.6 Å². The second kappa shape index (κ2) is 7.68. The van der Waals surface area contributed by atoms with Gasteiger partial charge in [0.2, 0.25) is 5.91 Å². The molecule has 20 heavy (non-hydrogen) atoms. The first-order valence-electron chi connectivity index (χ1n) is 6.32. The summed E-state index contributed by atoms with van der Waals surface area (Å²) >= 11 is 1.37. The molecular formula is C14H19N3O2S. The fourth-order valence-corrected chi connectivity index (χ4v) is 2.17. The Morgan fingerprint density at radius 3 is 2.65 bits per heavy atom. The van der Waals surface area contributed by atoms with Crippen molar-refractivity contribution in [2.45, 2.75) is 32.9 Å². The van der Waals surface area contributed by atoms with Crippen molar-refractivity contribution in [1.29, 1.82) is 0 Å². The molecule has 0 saturated carbocycles. The number of carbonyl (C=O) groups is 2. The fraction of sp³-hybridized carbons (Fsp3) is 0.429. The van der Waals surface area contributed by atoms with E-state index in [1.165, 1.54) is 11.3 Å². The molecule has 1 unspecified atom stereocenters. The lowest BCUT2D eigenvalue weighted by atomic mass is 10.2. The number of hydrogen-bond acceptors (Lipinski definition) is 4. The highest BCUT2D eigenvalue weighted by Gasteiger charge is 2.17. The minimum atomic E-state index is -0.580. The van der Waals surface area contributed by atoms with Crippen LogP contribution < -0.4 is 16.4 Å². The summed E-state index contributed by atoms with van der Waals surface area (Å²) in [6, 6.07) is 1.15. The summed E-state index contributed by atoms with van der Waals surface area (Å²) < 4.78 is 0. The van der Waals surface area contributed by atoms with Gasteiger partial charge in [0.1, 0.15) is 6.04 Å². The van der Waals surface area contributed by atoms with Gasteiger partial charge < -0.3 is 16.4 Å². The number of carbonyl (C=O) groups excluding carboxylic acids is 2. The summed E-state index contributed by atoms with van der Waals surface area (Å²) in [5.74, 6) is 5.11. The SMILES string of the molecule is CC(C)NC(=O)C(C)NC(=O)c1csc(C#CCN)c1. The quantitative estimate of drug-likeness (QED) is 0.715. The Balaban J connectivity index is 2.62. The van der Waals surface area contributed by atoms with Crippen molar-refractivity contribution in [2.24, 2.45) is 5.73 Å². The zero-order chi connectivity index (χ0) is 15.1. The largest absolute Gasteiger partial charge is 0.352 e. The summed E-state index contributed by atoms with van der Waals surface area (Å²) in [6.45, 7) is 5.67. The maximum absolute atomic E-state index is 12.0. The molecule has 0 bridgehead atoms. The van der Waals surface area contributed by atoms with Crippen molar-refractivity contribution in [2.75, 3.05) is 6.54 Å². The van der Waals surface area contributed by atoms with Gasteiger partial charge in [0.15, 0.2) is 0 Å².